The maximum atomic E-state index is 14.3. The zero-order valence-electron chi connectivity index (χ0n) is 24.6. The van der Waals surface area contributed by atoms with Crippen LogP contribution in [0.2, 0.25) is 10.0 Å². The van der Waals surface area contributed by atoms with Crippen molar-refractivity contribution in [2.24, 2.45) is 4.99 Å². The van der Waals surface area contributed by atoms with Gasteiger partial charge < -0.3 is 14.1 Å². The van der Waals surface area contributed by atoms with Gasteiger partial charge in [-0.2, -0.15) is 0 Å². The molecule has 0 saturated carbocycles. The van der Waals surface area contributed by atoms with E-state index < -0.39 is 6.04 Å². The third-order valence-corrected chi connectivity index (χ3v) is 9.37. The van der Waals surface area contributed by atoms with Crippen molar-refractivity contribution in [3.63, 3.8) is 0 Å². The molecule has 0 N–H and O–H groups in total. The van der Waals surface area contributed by atoms with Gasteiger partial charge in [-0.1, -0.05) is 64.9 Å². The van der Waals surface area contributed by atoms with E-state index in [-0.39, 0.29) is 11.5 Å². The van der Waals surface area contributed by atoms with Gasteiger partial charge in [0.05, 0.1) is 27.9 Å². The van der Waals surface area contributed by atoms with Crippen molar-refractivity contribution in [2.75, 3.05) is 20.2 Å². The van der Waals surface area contributed by atoms with Crippen molar-refractivity contribution in [2.45, 2.75) is 26.8 Å². The number of hydrogen-bond acceptors (Lipinski definition) is 6. The summed E-state index contributed by atoms with van der Waals surface area (Å²) in [5, 5.41) is 2.89. The van der Waals surface area contributed by atoms with Gasteiger partial charge in [-0.25, -0.2) is 4.99 Å². The van der Waals surface area contributed by atoms with Gasteiger partial charge >= 0.3 is 0 Å². The van der Waals surface area contributed by atoms with Gasteiger partial charge in [-0.15, -0.1) is 0 Å². The number of benzene rings is 3. The molecule has 0 fully saturated rings. The van der Waals surface area contributed by atoms with E-state index in [0.717, 1.165) is 16.3 Å². The number of ether oxygens (including phenoxy) is 1. The number of hydrogen-bond donors (Lipinski definition) is 0. The quantitative estimate of drug-likeness (QED) is 0.194. The maximum absolute atomic E-state index is 14.3. The Morgan fingerprint density at radius 3 is 2.61 bits per heavy atom. The number of fused-ring (bicyclic) bond motifs is 2. The SMILES string of the molecule is CCN(CC)C(=O)C1=C(C)N=c2s/c(=C/c3ccc(-c4cc(Cl)ccc4Cl)o3)c(=O)n2[C@@H]1c1c(OC)ccc2ccccc12. The first kappa shape index (κ1) is 29.9. The summed E-state index contributed by atoms with van der Waals surface area (Å²) in [5.74, 6) is 1.41. The number of likely N-dealkylation sites (N-methyl/N-ethyl adjacent to an activating group) is 1. The molecule has 5 aromatic rings. The molecule has 6 rings (SSSR count). The molecule has 0 radical (unpaired) electrons. The largest absolute Gasteiger partial charge is 0.496 e. The summed E-state index contributed by atoms with van der Waals surface area (Å²) < 4.78 is 14.0. The molecule has 3 heterocycles. The Morgan fingerprint density at radius 2 is 1.86 bits per heavy atom. The van der Waals surface area contributed by atoms with Crippen LogP contribution >= 0.6 is 34.5 Å². The summed E-state index contributed by atoms with van der Waals surface area (Å²) in [6.07, 6.45) is 1.69. The van der Waals surface area contributed by atoms with Crippen molar-refractivity contribution >= 4 is 57.3 Å². The summed E-state index contributed by atoms with van der Waals surface area (Å²) in [6, 6.07) is 19.7. The van der Waals surface area contributed by atoms with Crippen molar-refractivity contribution in [1.82, 2.24) is 9.47 Å². The third kappa shape index (κ3) is 5.17. The number of methoxy groups -OCH3 is 1. The molecular weight excluding hydrogens is 617 g/mol. The molecule has 224 valence electrons. The Morgan fingerprint density at radius 1 is 1.09 bits per heavy atom. The number of thiazole rings is 1. The highest BCUT2D eigenvalue weighted by atomic mass is 35.5. The molecule has 1 amide bonds. The number of rotatable bonds is 7. The minimum atomic E-state index is -0.764. The fourth-order valence-electron chi connectivity index (χ4n) is 5.68. The molecule has 44 heavy (non-hydrogen) atoms. The number of nitrogens with zero attached hydrogens (tertiary/aromatic N) is 3. The number of carbonyl (C=O) groups is 1. The molecule has 0 aliphatic carbocycles. The Bertz CT molecular complexity index is 2140. The molecule has 1 aliphatic rings. The van der Waals surface area contributed by atoms with Crippen LogP contribution in [0.25, 0.3) is 28.2 Å². The van der Waals surface area contributed by atoms with Crippen LogP contribution in [0.4, 0.5) is 0 Å². The normalized spacial score (nSPS) is 15.0. The Kier molecular flexibility index (Phi) is 8.24. The Hall–Kier alpha value is -4.11. The fourth-order valence-corrected chi connectivity index (χ4v) is 7.09. The van der Waals surface area contributed by atoms with Crippen LogP contribution in [-0.2, 0) is 4.79 Å². The topological polar surface area (TPSA) is 77.0 Å². The summed E-state index contributed by atoms with van der Waals surface area (Å²) in [7, 11) is 1.60. The van der Waals surface area contributed by atoms with Crippen molar-refractivity contribution in [3.05, 3.63) is 119 Å². The van der Waals surface area contributed by atoms with Gasteiger partial charge in [-0.3, -0.25) is 14.2 Å². The van der Waals surface area contributed by atoms with Crippen molar-refractivity contribution < 1.29 is 13.9 Å². The van der Waals surface area contributed by atoms with Crippen LogP contribution in [0, 0.1) is 0 Å². The monoisotopic (exact) mass is 645 g/mol. The first-order chi connectivity index (χ1) is 21.2. The lowest BCUT2D eigenvalue weighted by Crippen LogP contribution is -2.43. The van der Waals surface area contributed by atoms with E-state index in [1.807, 2.05) is 57.2 Å². The van der Waals surface area contributed by atoms with Crippen LogP contribution in [0.3, 0.4) is 0 Å². The number of furan rings is 1. The lowest BCUT2D eigenvalue weighted by atomic mass is 9.90. The predicted octanol–water partition coefficient (Wildman–Crippen LogP) is 6.83. The van der Waals surface area contributed by atoms with E-state index in [2.05, 4.69) is 0 Å². The molecule has 1 aliphatic heterocycles. The van der Waals surface area contributed by atoms with Gasteiger partial charge in [0.15, 0.2) is 4.80 Å². The minimum Gasteiger partial charge on any atom is -0.496 e. The second-order valence-corrected chi connectivity index (χ2v) is 12.1. The Balaban J connectivity index is 1.58. The fraction of sp³-hybridized carbons (Fsp3) is 0.206. The van der Waals surface area contributed by atoms with E-state index in [1.165, 1.54) is 11.3 Å². The van der Waals surface area contributed by atoms with E-state index in [1.54, 1.807) is 53.0 Å². The number of carbonyl (C=O) groups excluding carboxylic acids is 1. The highest BCUT2D eigenvalue weighted by Crippen LogP contribution is 2.40. The average molecular weight is 647 g/mol. The highest BCUT2D eigenvalue weighted by molar-refractivity contribution is 7.07. The minimum absolute atomic E-state index is 0.167. The van der Waals surface area contributed by atoms with E-state index in [9.17, 15) is 9.59 Å². The predicted molar refractivity (Wildman–Crippen MR) is 176 cm³/mol. The standard InChI is InChI=1S/C34H29Cl2N3O4S/c1-5-38(6-2)33(41)29-19(3)37-34-39(31(29)30-23-10-8-7-9-20(23)11-15-27(30)42-4)32(40)28(44-34)18-22-13-16-26(43-22)24-17-21(35)12-14-25(24)36/h7-18,31H,5-6H2,1-4H3/b28-18+/t31-/m0/s1. The highest BCUT2D eigenvalue weighted by Gasteiger charge is 2.36. The molecular formula is C34H29Cl2N3O4S. The second-order valence-electron chi connectivity index (χ2n) is 10.3. The van der Waals surface area contributed by atoms with Gasteiger partial charge in [0.2, 0.25) is 0 Å². The van der Waals surface area contributed by atoms with Gasteiger partial charge in [0, 0.05) is 35.3 Å². The molecule has 0 spiro atoms. The van der Waals surface area contributed by atoms with Gasteiger partial charge in [-0.05, 0) is 67.9 Å². The molecule has 2 aromatic heterocycles. The van der Waals surface area contributed by atoms with E-state index in [4.69, 9.17) is 37.3 Å². The van der Waals surface area contributed by atoms with Crippen molar-refractivity contribution in [1.29, 1.82) is 0 Å². The number of aromatic nitrogens is 1. The summed E-state index contributed by atoms with van der Waals surface area (Å²) in [4.78, 5) is 35.5. The lowest BCUT2D eigenvalue weighted by Gasteiger charge is -2.30. The zero-order valence-corrected chi connectivity index (χ0v) is 26.9. The maximum Gasteiger partial charge on any atom is 0.271 e. The summed E-state index contributed by atoms with van der Waals surface area (Å²) in [6.45, 7) is 6.75. The van der Waals surface area contributed by atoms with Crippen molar-refractivity contribution in [3.8, 4) is 17.1 Å². The summed E-state index contributed by atoms with van der Waals surface area (Å²) in [5.41, 5.74) is 2.10. The van der Waals surface area contributed by atoms with Gasteiger partial charge in [0.25, 0.3) is 11.5 Å². The molecule has 0 saturated heterocycles. The second kappa shape index (κ2) is 12.1. The van der Waals surface area contributed by atoms with Crippen LogP contribution < -0.4 is 19.6 Å². The van der Waals surface area contributed by atoms with Crippen LogP contribution in [0.15, 0.2) is 92.2 Å². The summed E-state index contributed by atoms with van der Waals surface area (Å²) >= 11 is 13.8. The molecule has 0 unspecified atom stereocenters. The molecule has 3 aromatic carbocycles. The van der Waals surface area contributed by atoms with Crippen LogP contribution in [0.1, 0.15) is 38.1 Å². The molecule has 0 bridgehead atoms. The molecule has 7 nitrogen and oxygen atoms in total. The zero-order chi connectivity index (χ0) is 31.1. The molecule has 10 heteroatoms. The molecule has 1 atom stereocenters. The average Bonchev–Trinajstić information content (AvgIpc) is 3.61. The van der Waals surface area contributed by atoms with E-state index >= 15 is 0 Å². The van der Waals surface area contributed by atoms with Gasteiger partial charge in [0.1, 0.15) is 23.3 Å². The smallest absolute Gasteiger partial charge is 0.271 e. The van der Waals surface area contributed by atoms with Crippen LogP contribution in [-0.4, -0.2) is 35.6 Å². The lowest BCUT2D eigenvalue weighted by molar-refractivity contribution is -0.127. The Labute approximate surface area is 267 Å². The number of amides is 1. The number of halogens is 2. The van der Waals surface area contributed by atoms with Crippen LogP contribution in [0.5, 0.6) is 5.75 Å². The first-order valence-corrected chi connectivity index (χ1v) is 15.8. The third-order valence-electron chi connectivity index (χ3n) is 7.82. The first-order valence-electron chi connectivity index (χ1n) is 14.2. The number of allylic oxidation sites excluding steroid dienone is 1. The van der Waals surface area contributed by atoms with E-state index in [0.29, 0.717) is 66.6 Å².